The molecule has 1 aliphatic heterocycles. The lowest BCUT2D eigenvalue weighted by atomic mass is 10.1. The van der Waals surface area contributed by atoms with Crippen LogP contribution in [0.1, 0.15) is 40.5 Å². The molecule has 3 aromatic rings. The third-order valence-electron chi connectivity index (χ3n) is 5.69. The Morgan fingerprint density at radius 1 is 1.09 bits per heavy atom. The summed E-state index contributed by atoms with van der Waals surface area (Å²) in [6.07, 6.45) is -0.846. The summed E-state index contributed by atoms with van der Waals surface area (Å²) in [6.45, 7) is 3.52. The Hall–Kier alpha value is -3.27. The molecule has 9 heteroatoms. The van der Waals surface area contributed by atoms with Crippen LogP contribution in [0.15, 0.2) is 65.6 Å². The summed E-state index contributed by atoms with van der Waals surface area (Å²) in [4.78, 5) is 12.4. The van der Waals surface area contributed by atoms with Crippen molar-refractivity contribution >= 4 is 16.0 Å². The van der Waals surface area contributed by atoms with Crippen LogP contribution in [-0.4, -0.2) is 20.9 Å². The van der Waals surface area contributed by atoms with Gasteiger partial charge in [0.25, 0.3) is 0 Å². The maximum atomic E-state index is 14.1. The van der Waals surface area contributed by atoms with E-state index < -0.39 is 28.1 Å². The molecule has 1 N–H and O–H groups in total. The molecule has 4 rings (SSSR count). The van der Waals surface area contributed by atoms with Crippen LogP contribution in [0.4, 0.5) is 4.39 Å². The molecule has 184 valence electrons. The molecule has 0 aromatic heterocycles. The van der Waals surface area contributed by atoms with Crippen LogP contribution in [0.5, 0.6) is 5.75 Å². The molecule has 0 saturated carbocycles. The number of fused-ring (bicyclic) bond motifs is 1. The zero-order chi connectivity index (χ0) is 25.0. The molecular weight excluding hydrogens is 473 g/mol. The lowest BCUT2D eigenvalue weighted by Gasteiger charge is -2.28. The van der Waals surface area contributed by atoms with Crippen molar-refractivity contribution in [3.8, 4) is 5.75 Å². The van der Waals surface area contributed by atoms with E-state index in [4.69, 9.17) is 14.2 Å². The highest BCUT2D eigenvalue weighted by atomic mass is 32.2. The van der Waals surface area contributed by atoms with E-state index in [1.54, 1.807) is 12.1 Å². The number of aryl methyl sites for hydroxylation is 2. The van der Waals surface area contributed by atoms with Crippen molar-refractivity contribution in [3.05, 3.63) is 94.3 Å². The highest BCUT2D eigenvalue weighted by Crippen LogP contribution is 2.36. The number of nitrogens with one attached hydrogen (secondary N) is 1. The highest BCUT2D eigenvalue weighted by molar-refractivity contribution is 7.89. The predicted molar refractivity (Wildman–Crippen MR) is 127 cm³/mol. The average Bonchev–Trinajstić information content (AvgIpc) is 2.84. The molecule has 0 radical (unpaired) electrons. The molecule has 0 unspecified atom stereocenters. The largest absolute Gasteiger partial charge is 0.461 e. The standard InChI is InChI=1S/C26H26FNO6S/c1-17-8-9-23(12-18(17)2)35(30,31)28-11-10-24(29)32-15-20-13-22(27)14-21-16-33-26(34-25(20)21)19-6-4-3-5-7-19/h3-9,12-14,26,28H,10-11,15-16H2,1-2H3/t26-/m1/s1. The second kappa shape index (κ2) is 10.6. The fourth-order valence-corrected chi connectivity index (χ4v) is 4.76. The molecule has 35 heavy (non-hydrogen) atoms. The first-order valence-corrected chi connectivity index (χ1v) is 12.6. The van der Waals surface area contributed by atoms with E-state index in [2.05, 4.69) is 4.72 Å². The van der Waals surface area contributed by atoms with Gasteiger partial charge in [0.05, 0.1) is 17.9 Å². The number of carbonyl (C=O) groups is 1. The normalized spacial score (nSPS) is 15.2. The smallest absolute Gasteiger partial charge is 0.307 e. The van der Waals surface area contributed by atoms with Crippen molar-refractivity contribution < 1.29 is 31.8 Å². The predicted octanol–water partition coefficient (Wildman–Crippen LogP) is 4.46. The third kappa shape index (κ3) is 6.05. The van der Waals surface area contributed by atoms with Gasteiger partial charge in [-0.15, -0.1) is 0 Å². The van der Waals surface area contributed by atoms with Gasteiger partial charge in [-0.3, -0.25) is 4.79 Å². The van der Waals surface area contributed by atoms with Gasteiger partial charge < -0.3 is 14.2 Å². The van der Waals surface area contributed by atoms with Gasteiger partial charge >= 0.3 is 5.97 Å². The van der Waals surface area contributed by atoms with Crippen LogP contribution in [0.3, 0.4) is 0 Å². The zero-order valence-corrected chi connectivity index (χ0v) is 20.2. The van der Waals surface area contributed by atoms with Gasteiger partial charge in [0, 0.05) is 23.2 Å². The molecule has 1 aliphatic rings. The summed E-state index contributed by atoms with van der Waals surface area (Å²) < 4.78 is 58.4. The quantitative estimate of drug-likeness (QED) is 0.460. The molecule has 0 spiro atoms. The first-order chi connectivity index (χ1) is 16.7. The minimum Gasteiger partial charge on any atom is -0.461 e. The minimum atomic E-state index is -3.75. The van der Waals surface area contributed by atoms with E-state index in [0.717, 1.165) is 16.7 Å². The number of hydrogen-bond acceptors (Lipinski definition) is 6. The number of halogens is 1. The molecule has 0 fully saturated rings. The van der Waals surface area contributed by atoms with Crippen LogP contribution >= 0.6 is 0 Å². The van der Waals surface area contributed by atoms with E-state index in [-0.39, 0.29) is 31.1 Å². The Labute approximate surface area is 203 Å². The van der Waals surface area contributed by atoms with E-state index in [0.29, 0.717) is 16.9 Å². The molecule has 7 nitrogen and oxygen atoms in total. The van der Waals surface area contributed by atoms with Crippen molar-refractivity contribution in [3.63, 3.8) is 0 Å². The van der Waals surface area contributed by atoms with Crippen molar-refractivity contribution in [2.45, 2.75) is 44.7 Å². The van der Waals surface area contributed by atoms with Crippen LogP contribution in [0.2, 0.25) is 0 Å². The maximum Gasteiger partial charge on any atom is 0.307 e. The summed E-state index contributed by atoms with van der Waals surface area (Å²) in [7, 11) is -3.75. The fraction of sp³-hybridized carbons (Fsp3) is 0.269. The summed E-state index contributed by atoms with van der Waals surface area (Å²) in [5.41, 5.74) is 3.53. The van der Waals surface area contributed by atoms with Crippen LogP contribution in [-0.2, 0) is 37.5 Å². The summed E-state index contributed by atoms with van der Waals surface area (Å²) in [5.74, 6) is -0.714. The molecule has 3 aromatic carbocycles. The molecule has 0 aliphatic carbocycles. The van der Waals surface area contributed by atoms with Crippen LogP contribution < -0.4 is 9.46 Å². The molecular formula is C26H26FNO6S. The Morgan fingerprint density at radius 2 is 1.86 bits per heavy atom. The summed E-state index contributed by atoms with van der Waals surface area (Å²) >= 11 is 0. The van der Waals surface area contributed by atoms with Gasteiger partial charge in [0.15, 0.2) is 0 Å². The van der Waals surface area contributed by atoms with Gasteiger partial charge in [-0.05, 0) is 49.2 Å². The number of rotatable bonds is 8. The van der Waals surface area contributed by atoms with Gasteiger partial charge in [-0.1, -0.05) is 36.4 Å². The van der Waals surface area contributed by atoms with E-state index in [9.17, 15) is 17.6 Å². The maximum absolute atomic E-state index is 14.1. The van der Waals surface area contributed by atoms with Gasteiger partial charge in [-0.25, -0.2) is 17.5 Å². The van der Waals surface area contributed by atoms with E-state index >= 15 is 0 Å². The second-order valence-corrected chi connectivity index (χ2v) is 10.0. The number of ether oxygens (including phenoxy) is 3. The third-order valence-corrected chi connectivity index (χ3v) is 7.15. The lowest BCUT2D eigenvalue weighted by Crippen LogP contribution is -2.27. The van der Waals surface area contributed by atoms with Crippen molar-refractivity contribution in [1.29, 1.82) is 0 Å². The molecule has 1 atom stereocenters. The Morgan fingerprint density at radius 3 is 2.60 bits per heavy atom. The first kappa shape index (κ1) is 24.8. The number of carbonyl (C=O) groups excluding carboxylic acids is 1. The zero-order valence-electron chi connectivity index (χ0n) is 19.4. The Bertz CT molecular complexity index is 1330. The fourth-order valence-electron chi connectivity index (χ4n) is 3.64. The Kier molecular flexibility index (Phi) is 7.49. The van der Waals surface area contributed by atoms with Crippen molar-refractivity contribution in [2.24, 2.45) is 0 Å². The number of sulfonamides is 1. The molecule has 1 heterocycles. The van der Waals surface area contributed by atoms with Crippen molar-refractivity contribution in [1.82, 2.24) is 4.72 Å². The second-order valence-electron chi connectivity index (χ2n) is 8.28. The van der Waals surface area contributed by atoms with Crippen LogP contribution in [0, 0.1) is 19.7 Å². The SMILES string of the molecule is Cc1ccc(S(=O)(=O)NCCC(=O)OCc2cc(F)cc3c2O[C@H](c2ccccc2)OC3)cc1C. The monoisotopic (exact) mass is 499 g/mol. The van der Waals surface area contributed by atoms with Gasteiger partial charge in [0.2, 0.25) is 16.3 Å². The van der Waals surface area contributed by atoms with E-state index in [1.807, 2.05) is 44.2 Å². The minimum absolute atomic E-state index is 0.129. The molecule has 0 bridgehead atoms. The number of hydrogen-bond donors (Lipinski definition) is 1. The average molecular weight is 500 g/mol. The highest BCUT2D eigenvalue weighted by Gasteiger charge is 2.25. The first-order valence-electron chi connectivity index (χ1n) is 11.1. The van der Waals surface area contributed by atoms with Crippen molar-refractivity contribution in [2.75, 3.05) is 6.54 Å². The summed E-state index contributed by atoms with van der Waals surface area (Å²) in [5, 5.41) is 0. The summed E-state index contributed by atoms with van der Waals surface area (Å²) in [6, 6.07) is 16.7. The molecule has 0 amide bonds. The Balaban J connectivity index is 1.35. The van der Waals surface area contributed by atoms with Crippen LogP contribution in [0.25, 0.3) is 0 Å². The lowest BCUT2D eigenvalue weighted by molar-refractivity contribution is -0.145. The topological polar surface area (TPSA) is 90.9 Å². The van der Waals surface area contributed by atoms with E-state index in [1.165, 1.54) is 18.2 Å². The number of benzene rings is 3. The van der Waals surface area contributed by atoms with Gasteiger partial charge in [0.1, 0.15) is 18.2 Å². The number of esters is 1. The van der Waals surface area contributed by atoms with Gasteiger partial charge in [-0.2, -0.15) is 0 Å². The molecule has 0 saturated heterocycles.